The van der Waals surface area contributed by atoms with Gasteiger partial charge in [-0.1, -0.05) is 13.8 Å². The van der Waals surface area contributed by atoms with Crippen molar-refractivity contribution >= 4 is 28.1 Å². The number of carbonyl (C=O) groups excluding carboxylic acids is 1. The van der Waals surface area contributed by atoms with Crippen LogP contribution >= 0.6 is 11.3 Å². The summed E-state index contributed by atoms with van der Waals surface area (Å²) in [4.78, 5) is 18.4. The van der Waals surface area contributed by atoms with Crippen molar-refractivity contribution in [3.8, 4) is 17.0 Å². The van der Waals surface area contributed by atoms with E-state index in [0.717, 1.165) is 29.1 Å². The van der Waals surface area contributed by atoms with E-state index in [9.17, 15) is 4.79 Å². The van der Waals surface area contributed by atoms with Crippen LogP contribution in [-0.2, 0) is 4.79 Å². The van der Waals surface area contributed by atoms with Gasteiger partial charge in [0.15, 0.2) is 5.13 Å². The molecular weight excluding hydrogens is 298 g/mol. The van der Waals surface area contributed by atoms with Crippen LogP contribution in [-0.4, -0.2) is 23.5 Å². The van der Waals surface area contributed by atoms with Gasteiger partial charge in [-0.3, -0.25) is 4.79 Å². The molecule has 1 aromatic carbocycles. The summed E-state index contributed by atoms with van der Waals surface area (Å²) in [5, 5.41) is 2.46. The fourth-order valence-corrected chi connectivity index (χ4v) is 3.14. The molecule has 5 nitrogen and oxygen atoms in total. The molecule has 0 fully saturated rings. The Hall–Kier alpha value is -2.08. The lowest BCUT2D eigenvalue weighted by Crippen LogP contribution is -2.43. The summed E-state index contributed by atoms with van der Waals surface area (Å²) in [6.45, 7) is 4.54. The molecule has 116 valence electrons. The van der Waals surface area contributed by atoms with Gasteiger partial charge in [-0.2, -0.15) is 0 Å². The van der Waals surface area contributed by atoms with Crippen LogP contribution in [0.2, 0.25) is 0 Å². The number of nitrogen functional groups attached to an aromatic ring is 1. The van der Waals surface area contributed by atoms with Crippen molar-refractivity contribution in [3.05, 3.63) is 23.6 Å². The SMILES string of the molecule is CCC(=O)N1CC(CC)Oc2ccc(-c3csc(N)n3)cc21. The van der Waals surface area contributed by atoms with Crippen molar-refractivity contribution in [1.82, 2.24) is 4.98 Å². The van der Waals surface area contributed by atoms with Crippen LogP contribution in [0.15, 0.2) is 23.6 Å². The lowest BCUT2D eigenvalue weighted by Gasteiger charge is -2.34. The van der Waals surface area contributed by atoms with E-state index in [1.54, 1.807) is 0 Å². The Morgan fingerprint density at radius 3 is 2.95 bits per heavy atom. The second kappa shape index (κ2) is 5.96. The minimum absolute atomic E-state index is 0.0452. The Kier molecular flexibility index (Phi) is 4.02. The third kappa shape index (κ3) is 2.66. The summed E-state index contributed by atoms with van der Waals surface area (Å²) >= 11 is 1.41. The van der Waals surface area contributed by atoms with Gasteiger partial charge in [0.25, 0.3) is 0 Å². The first-order chi connectivity index (χ1) is 10.6. The number of nitrogens with zero attached hydrogens (tertiary/aromatic N) is 2. The highest BCUT2D eigenvalue weighted by atomic mass is 32.1. The maximum absolute atomic E-state index is 12.3. The fraction of sp³-hybridized carbons (Fsp3) is 0.375. The maximum Gasteiger partial charge on any atom is 0.226 e. The number of carbonyl (C=O) groups is 1. The number of thiazole rings is 1. The molecule has 3 rings (SSSR count). The molecule has 2 aromatic rings. The highest BCUT2D eigenvalue weighted by molar-refractivity contribution is 7.13. The van der Waals surface area contributed by atoms with E-state index in [0.29, 0.717) is 18.1 Å². The average molecular weight is 317 g/mol. The number of rotatable bonds is 3. The zero-order valence-corrected chi connectivity index (χ0v) is 13.5. The lowest BCUT2D eigenvalue weighted by molar-refractivity contribution is -0.118. The summed E-state index contributed by atoms with van der Waals surface area (Å²) in [6.07, 6.45) is 1.39. The van der Waals surface area contributed by atoms with Gasteiger partial charge in [0.05, 0.1) is 17.9 Å². The first-order valence-electron chi connectivity index (χ1n) is 7.44. The Bertz CT molecular complexity index is 698. The number of fused-ring (bicyclic) bond motifs is 1. The second-order valence-electron chi connectivity index (χ2n) is 5.26. The predicted octanol–water partition coefficient (Wildman–Crippen LogP) is 3.31. The minimum Gasteiger partial charge on any atom is -0.486 e. The molecule has 1 aliphatic heterocycles. The molecule has 0 bridgehead atoms. The molecular formula is C16H19N3O2S. The Morgan fingerprint density at radius 2 is 2.32 bits per heavy atom. The topological polar surface area (TPSA) is 68.5 Å². The first kappa shape index (κ1) is 14.8. The lowest BCUT2D eigenvalue weighted by atomic mass is 10.1. The van der Waals surface area contributed by atoms with Crippen LogP contribution in [0.3, 0.4) is 0 Å². The molecule has 0 radical (unpaired) electrons. The average Bonchev–Trinajstić information content (AvgIpc) is 2.99. The van der Waals surface area contributed by atoms with Crippen LogP contribution in [0.4, 0.5) is 10.8 Å². The van der Waals surface area contributed by atoms with Gasteiger partial charge >= 0.3 is 0 Å². The predicted molar refractivity (Wildman–Crippen MR) is 89.3 cm³/mol. The fourth-order valence-electron chi connectivity index (χ4n) is 2.57. The van der Waals surface area contributed by atoms with E-state index in [1.807, 2.05) is 35.4 Å². The van der Waals surface area contributed by atoms with E-state index in [4.69, 9.17) is 10.5 Å². The molecule has 2 heterocycles. The van der Waals surface area contributed by atoms with Crippen molar-refractivity contribution < 1.29 is 9.53 Å². The van der Waals surface area contributed by atoms with Crippen molar-refractivity contribution in [1.29, 1.82) is 0 Å². The van der Waals surface area contributed by atoms with Gasteiger partial charge in [-0.15, -0.1) is 11.3 Å². The molecule has 1 atom stereocenters. The van der Waals surface area contributed by atoms with Gasteiger partial charge in [0, 0.05) is 17.4 Å². The Morgan fingerprint density at radius 1 is 1.50 bits per heavy atom. The molecule has 0 saturated heterocycles. The van der Waals surface area contributed by atoms with Crippen molar-refractivity contribution in [2.75, 3.05) is 17.2 Å². The number of amides is 1. The van der Waals surface area contributed by atoms with Crippen LogP contribution in [0.5, 0.6) is 5.75 Å². The quantitative estimate of drug-likeness (QED) is 0.943. The third-order valence-electron chi connectivity index (χ3n) is 3.81. The molecule has 0 aliphatic carbocycles. The molecule has 2 N–H and O–H groups in total. The molecule has 22 heavy (non-hydrogen) atoms. The summed E-state index contributed by atoms with van der Waals surface area (Å²) in [7, 11) is 0. The van der Waals surface area contributed by atoms with Gasteiger partial charge in [-0.05, 0) is 24.6 Å². The zero-order valence-electron chi connectivity index (χ0n) is 12.7. The number of anilines is 2. The number of aromatic nitrogens is 1. The number of nitrogens with two attached hydrogens (primary N) is 1. The smallest absolute Gasteiger partial charge is 0.226 e. The summed E-state index contributed by atoms with van der Waals surface area (Å²) in [5.41, 5.74) is 8.29. The van der Waals surface area contributed by atoms with Crippen molar-refractivity contribution in [2.24, 2.45) is 0 Å². The molecule has 1 aromatic heterocycles. The molecule has 6 heteroatoms. The van der Waals surface area contributed by atoms with E-state index in [-0.39, 0.29) is 12.0 Å². The molecule has 1 unspecified atom stereocenters. The molecule has 0 spiro atoms. The Balaban J connectivity index is 2.03. The minimum atomic E-state index is 0.0452. The van der Waals surface area contributed by atoms with Gasteiger partial charge in [0.1, 0.15) is 11.9 Å². The van der Waals surface area contributed by atoms with Crippen LogP contribution in [0.1, 0.15) is 26.7 Å². The number of hydrogen-bond acceptors (Lipinski definition) is 5. The van der Waals surface area contributed by atoms with Crippen molar-refractivity contribution in [2.45, 2.75) is 32.8 Å². The van der Waals surface area contributed by atoms with E-state index in [1.165, 1.54) is 11.3 Å². The normalized spacial score (nSPS) is 17.0. The maximum atomic E-state index is 12.3. The number of ether oxygens (including phenoxy) is 1. The van der Waals surface area contributed by atoms with E-state index >= 15 is 0 Å². The summed E-state index contributed by atoms with van der Waals surface area (Å²) < 4.78 is 5.97. The molecule has 0 saturated carbocycles. The molecule has 1 amide bonds. The van der Waals surface area contributed by atoms with Crippen molar-refractivity contribution in [3.63, 3.8) is 0 Å². The van der Waals surface area contributed by atoms with Crippen LogP contribution in [0, 0.1) is 0 Å². The highest BCUT2D eigenvalue weighted by Crippen LogP contribution is 2.38. The number of benzene rings is 1. The van der Waals surface area contributed by atoms with Gasteiger partial charge < -0.3 is 15.4 Å². The summed E-state index contributed by atoms with van der Waals surface area (Å²) in [6, 6.07) is 5.83. The van der Waals surface area contributed by atoms with E-state index < -0.39 is 0 Å². The zero-order chi connectivity index (χ0) is 15.7. The number of hydrogen-bond donors (Lipinski definition) is 1. The Labute approximate surface area is 133 Å². The van der Waals surface area contributed by atoms with Gasteiger partial charge in [0.2, 0.25) is 5.91 Å². The van der Waals surface area contributed by atoms with Gasteiger partial charge in [-0.25, -0.2) is 4.98 Å². The standard InChI is InChI=1S/C16H19N3O2S/c1-3-11-8-19(15(20)4-2)13-7-10(5-6-14(13)21-11)12-9-22-16(17)18-12/h5-7,9,11H,3-4,8H2,1-2H3,(H2,17,18). The van der Waals surface area contributed by atoms with E-state index in [2.05, 4.69) is 11.9 Å². The van der Waals surface area contributed by atoms with Crippen LogP contribution in [0.25, 0.3) is 11.3 Å². The highest BCUT2D eigenvalue weighted by Gasteiger charge is 2.28. The molecule has 1 aliphatic rings. The monoisotopic (exact) mass is 317 g/mol. The first-order valence-corrected chi connectivity index (χ1v) is 8.32. The third-order valence-corrected chi connectivity index (χ3v) is 4.48. The second-order valence-corrected chi connectivity index (χ2v) is 6.15. The van der Waals surface area contributed by atoms with Crippen LogP contribution < -0.4 is 15.4 Å². The largest absolute Gasteiger partial charge is 0.486 e. The summed E-state index contributed by atoms with van der Waals surface area (Å²) in [5.74, 6) is 0.866.